The van der Waals surface area contributed by atoms with E-state index in [0.29, 0.717) is 0 Å². The number of halogens is 1. The van der Waals surface area contributed by atoms with E-state index in [1.165, 1.54) is 54.9 Å². The van der Waals surface area contributed by atoms with Crippen LogP contribution < -0.4 is 12.4 Å². The monoisotopic (exact) mass is 593 g/mol. The van der Waals surface area contributed by atoms with Crippen LogP contribution in [-0.4, -0.2) is 5.43 Å². The molecule has 0 amide bonds. The van der Waals surface area contributed by atoms with Crippen molar-refractivity contribution in [3.63, 3.8) is 0 Å². The van der Waals surface area contributed by atoms with Gasteiger partial charge in [-0.25, -0.2) is 0 Å². The predicted molar refractivity (Wildman–Crippen MR) is 157 cm³/mol. The molecule has 0 spiro atoms. The molecule has 37 heavy (non-hydrogen) atoms. The molecule has 0 atom stereocenters. The van der Waals surface area contributed by atoms with E-state index in [2.05, 4.69) is 148 Å². The van der Waals surface area contributed by atoms with E-state index in [9.17, 15) is 0 Å². The molecule has 0 fully saturated rings. The molecule has 0 saturated heterocycles. The molecule has 0 aliphatic heterocycles. The predicted octanol–water partition coefficient (Wildman–Crippen LogP) is 6.86. The van der Waals surface area contributed by atoms with Crippen molar-refractivity contribution in [2.24, 2.45) is 0 Å². The zero-order valence-corrected chi connectivity index (χ0v) is 26.1. The first-order valence-electron chi connectivity index (χ1n) is 12.4. The number of hydrogen-bond acceptors (Lipinski definition) is 0. The molecule has 6 rings (SSSR count). The summed E-state index contributed by atoms with van der Waals surface area (Å²) in [5.74, 6) is 0. The summed E-state index contributed by atoms with van der Waals surface area (Å²) in [6, 6.07) is 43.1. The third kappa shape index (κ3) is 7.74. The molecule has 0 heterocycles. The summed E-state index contributed by atoms with van der Waals surface area (Å²) in [7, 11) is 0. The van der Waals surface area contributed by atoms with Gasteiger partial charge in [0.05, 0.1) is 0 Å². The van der Waals surface area contributed by atoms with Gasteiger partial charge in [0.15, 0.2) is 0 Å². The van der Waals surface area contributed by atoms with Crippen molar-refractivity contribution in [3.8, 4) is 22.3 Å². The van der Waals surface area contributed by atoms with Crippen LogP contribution in [0.5, 0.6) is 0 Å². The Morgan fingerprint density at radius 3 is 1.24 bits per heavy atom. The van der Waals surface area contributed by atoms with Crippen LogP contribution in [0, 0.1) is 13.8 Å². The molecule has 3 heteroatoms. The first-order chi connectivity index (χ1) is 17.4. The molecule has 0 aromatic heterocycles. The molecule has 184 valence electrons. The first kappa shape index (κ1) is 29.1. The molecule has 6 aromatic carbocycles. The van der Waals surface area contributed by atoms with Gasteiger partial charge in [0.25, 0.3) is 0 Å². The van der Waals surface area contributed by atoms with Crippen LogP contribution >= 0.6 is 0 Å². The molecule has 0 aliphatic carbocycles. The second-order valence-electron chi connectivity index (χ2n) is 9.41. The first-order valence-corrected chi connectivity index (χ1v) is 18.6. The standard InChI is InChI=1S/2C16H13.C2H6Si.ClH.Zr/c2*1-12-10-14-8-5-9-15(16(14)11-12)13-6-3-2-4-7-13;1-3-2;;/h2*2-11H,1H3;1-2H3;1H;/q2*-1;;;+2/p-1. The Kier molecular flexibility index (Phi) is 10.9. The molecule has 0 unspecified atom stereocenters. The molecule has 0 saturated carbocycles. The van der Waals surface area contributed by atoms with Crippen LogP contribution in [0.2, 0.25) is 13.1 Å². The van der Waals surface area contributed by atoms with Crippen molar-refractivity contribution < 1.29 is 35.7 Å². The maximum Gasteiger partial charge on any atom is -0.0279 e. The summed E-state index contributed by atoms with van der Waals surface area (Å²) >= 11 is 1.74. The Morgan fingerprint density at radius 2 is 0.892 bits per heavy atom. The van der Waals surface area contributed by atoms with Crippen LogP contribution in [-0.2, 0) is 23.3 Å². The van der Waals surface area contributed by atoms with Crippen molar-refractivity contribution in [2.75, 3.05) is 0 Å². The summed E-state index contributed by atoms with van der Waals surface area (Å²) in [4.78, 5) is 0. The Bertz CT molecular complexity index is 1460. The number of benzene rings is 4. The fraction of sp³-hybridized carbons (Fsp3) is 0.118. The van der Waals surface area contributed by atoms with Crippen molar-refractivity contribution >= 4 is 27.0 Å². The molecular weight excluding hydrogens is 563 g/mol. The maximum absolute atomic E-state index is 2.31. The van der Waals surface area contributed by atoms with Gasteiger partial charge in [-0.05, 0) is 11.1 Å². The normalized spacial score (nSPS) is 10.1. The van der Waals surface area contributed by atoms with E-state index in [-0.39, 0.29) is 17.8 Å². The molecule has 0 N–H and O–H groups in total. The Hall–Kier alpha value is -2.51. The van der Waals surface area contributed by atoms with Crippen LogP contribution in [0.4, 0.5) is 0 Å². The fourth-order valence-electron chi connectivity index (χ4n) is 4.51. The zero-order chi connectivity index (χ0) is 25.5. The quantitative estimate of drug-likeness (QED) is 0.152. The average molecular weight is 595 g/mol. The van der Waals surface area contributed by atoms with Crippen molar-refractivity contribution in [1.29, 1.82) is 0 Å². The van der Waals surface area contributed by atoms with Crippen molar-refractivity contribution in [1.82, 2.24) is 0 Å². The van der Waals surface area contributed by atoms with E-state index in [0.717, 1.165) is 0 Å². The van der Waals surface area contributed by atoms with Gasteiger partial charge in [-0.3, -0.25) is 0 Å². The summed E-state index contributed by atoms with van der Waals surface area (Å²) in [5, 5.41) is 5.37. The Morgan fingerprint density at radius 1 is 0.541 bits per heavy atom. The van der Waals surface area contributed by atoms with Gasteiger partial charge in [0, 0.05) is 0 Å². The average Bonchev–Trinajstić information content (AvgIpc) is 3.45. The third-order valence-corrected chi connectivity index (χ3v) is 5.96. The number of fused-ring (bicyclic) bond motifs is 2. The summed E-state index contributed by atoms with van der Waals surface area (Å²) in [6.07, 6.45) is 0. The largest absolute Gasteiger partial charge is 1.00 e. The van der Waals surface area contributed by atoms with Gasteiger partial charge in [-0.2, -0.15) is 12.1 Å². The summed E-state index contributed by atoms with van der Waals surface area (Å²) in [6.45, 7) is 8.91. The SMILES string of the molecule is C[Si](C)=[Zr+2].Cc1cc2c(-c3ccccc3)cccc2[cH-]1.Cc1cc2c(-c3ccccc3)cccc2[cH-]1.[Cl-]. The van der Waals surface area contributed by atoms with Gasteiger partial charge in [0.2, 0.25) is 0 Å². The van der Waals surface area contributed by atoms with Gasteiger partial charge < -0.3 is 12.4 Å². The van der Waals surface area contributed by atoms with Crippen molar-refractivity contribution in [3.05, 3.63) is 132 Å². The molecule has 0 nitrogen and oxygen atoms in total. The van der Waals surface area contributed by atoms with Gasteiger partial charge in [-0.1, -0.05) is 97.8 Å². The van der Waals surface area contributed by atoms with Gasteiger partial charge >= 0.3 is 41.9 Å². The molecule has 0 bridgehead atoms. The Labute approximate surface area is 242 Å². The van der Waals surface area contributed by atoms with E-state index < -0.39 is 0 Å². The Balaban J connectivity index is 0.000000176. The fourth-order valence-corrected chi connectivity index (χ4v) is 4.51. The smallest absolute Gasteiger partial charge is 0.0279 e. The van der Waals surface area contributed by atoms with E-state index >= 15 is 0 Å². The van der Waals surface area contributed by atoms with E-state index in [1.54, 1.807) is 23.3 Å². The van der Waals surface area contributed by atoms with Crippen LogP contribution in [0.1, 0.15) is 11.1 Å². The summed E-state index contributed by atoms with van der Waals surface area (Å²) in [5.41, 5.74) is 8.11. The van der Waals surface area contributed by atoms with Crippen LogP contribution in [0.3, 0.4) is 0 Å². The third-order valence-electron chi connectivity index (χ3n) is 5.96. The van der Waals surface area contributed by atoms with Crippen LogP contribution in [0.15, 0.2) is 121 Å². The minimum Gasteiger partial charge on any atom is -1.00 e. The van der Waals surface area contributed by atoms with Gasteiger partial charge in [0.1, 0.15) is 0 Å². The van der Waals surface area contributed by atoms with Crippen molar-refractivity contribution in [2.45, 2.75) is 26.9 Å². The minimum atomic E-state index is 0. The van der Waals surface area contributed by atoms with Gasteiger partial charge in [-0.15, -0.1) is 69.1 Å². The topological polar surface area (TPSA) is 0 Å². The molecule has 0 radical (unpaired) electrons. The molecule has 0 aliphatic rings. The molecule has 6 aromatic rings. The van der Waals surface area contributed by atoms with E-state index in [4.69, 9.17) is 0 Å². The van der Waals surface area contributed by atoms with E-state index in [1.807, 2.05) is 0 Å². The second kappa shape index (κ2) is 13.9. The number of hydrogen-bond donors (Lipinski definition) is 0. The zero-order valence-electron chi connectivity index (χ0n) is 21.9. The number of aryl methyl sites for hydroxylation is 2. The van der Waals surface area contributed by atoms with Crippen LogP contribution in [0.25, 0.3) is 43.8 Å². The maximum atomic E-state index is 2.31. The second-order valence-corrected chi connectivity index (χ2v) is 18.8. The minimum absolute atomic E-state index is 0. The summed E-state index contributed by atoms with van der Waals surface area (Å²) < 4.78 is 0. The molecular formula is C34H32ClSiZr-. The number of rotatable bonds is 2.